The van der Waals surface area contributed by atoms with Crippen LogP contribution in [0.5, 0.6) is 0 Å². The maximum absolute atomic E-state index is 5.52. The quantitative estimate of drug-likeness (QED) is 0.540. The zero-order chi connectivity index (χ0) is 18.1. The Morgan fingerprint density at radius 1 is 1.07 bits per heavy atom. The highest BCUT2D eigenvalue weighted by molar-refractivity contribution is 5.57. The first kappa shape index (κ1) is 15.9. The minimum Gasteiger partial charge on any atom is -0.359 e. The molecule has 1 saturated heterocycles. The van der Waals surface area contributed by atoms with E-state index in [0.29, 0.717) is 5.78 Å². The van der Waals surface area contributed by atoms with Gasteiger partial charge in [-0.05, 0) is 18.2 Å². The van der Waals surface area contributed by atoms with Gasteiger partial charge in [0.2, 0.25) is 0 Å². The number of rotatable bonds is 4. The van der Waals surface area contributed by atoms with E-state index < -0.39 is 0 Å². The summed E-state index contributed by atoms with van der Waals surface area (Å²) in [6.07, 6.45) is 7.03. The highest BCUT2D eigenvalue weighted by atomic mass is 16.5. The van der Waals surface area contributed by atoms with Crippen molar-refractivity contribution in [3.63, 3.8) is 0 Å². The minimum absolute atomic E-state index is 0.625. The Morgan fingerprint density at radius 2 is 2.00 bits per heavy atom. The van der Waals surface area contributed by atoms with Gasteiger partial charge in [0.15, 0.2) is 5.76 Å². The van der Waals surface area contributed by atoms with Crippen molar-refractivity contribution in [2.75, 3.05) is 31.1 Å². The second-order valence-corrected chi connectivity index (χ2v) is 6.49. The predicted molar refractivity (Wildman–Crippen MR) is 98.0 cm³/mol. The highest BCUT2D eigenvalue weighted by Crippen LogP contribution is 2.20. The minimum atomic E-state index is 0.625. The first-order valence-electron chi connectivity index (χ1n) is 8.85. The average Bonchev–Trinajstić information content (AvgIpc) is 3.38. The van der Waals surface area contributed by atoms with E-state index in [0.717, 1.165) is 55.6 Å². The molecule has 0 radical (unpaired) electrons. The van der Waals surface area contributed by atoms with E-state index in [9.17, 15) is 0 Å². The Labute approximate surface area is 155 Å². The fraction of sp³-hybridized carbons (Fsp3) is 0.278. The second kappa shape index (κ2) is 6.76. The maximum Gasteiger partial charge on any atom is 0.256 e. The molecule has 0 atom stereocenters. The molecular weight excluding hydrogens is 344 g/mol. The van der Waals surface area contributed by atoms with Crippen LogP contribution in [0.25, 0.3) is 17.0 Å². The van der Waals surface area contributed by atoms with Crippen LogP contribution in [0.2, 0.25) is 0 Å². The van der Waals surface area contributed by atoms with Crippen LogP contribution in [0.15, 0.2) is 53.7 Å². The van der Waals surface area contributed by atoms with Gasteiger partial charge >= 0.3 is 0 Å². The summed E-state index contributed by atoms with van der Waals surface area (Å²) >= 11 is 0. The van der Waals surface area contributed by atoms with Crippen molar-refractivity contribution in [1.82, 2.24) is 34.6 Å². The normalized spacial score (nSPS) is 15.5. The molecule has 0 bridgehead atoms. The number of nitrogens with zero attached hydrogens (tertiary/aromatic N) is 8. The Morgan fingerprint density at radius 3 is 2.85 bits per heavy atom. The largest absolute Gasteiger partial charge is 0.359 e. The van der Waals surface area contributed by atoms with Gasteiger partial charge in [-0.3, -0.25) is 14.3 Å². The summed E-state index contributed by atoms with van der Waals surface area (Å²) in [5.41, 5.74) is 1.79. The monoisotopic (exact) mass is 362 g/mol. The lowest BCUT2D eigenvalue weighted by molar-refractivity contribution is 0.219. The molecule has 1 aliphatic heterocycles. The van der Waals surface area contributed by atoms with Crippen LogP contribution in [0.1, 0.15) is 5.76 Å². The van der Waals surface area contributed by atoms with E-state index in [1.807, 2.05) is 28.7 Å². The van der Waals surface area contributed by atoms with Gasteiger partial charge in [0, 0.05) is 56.4 Å². The van der Waals surface area contributed by atoms with Gasteiger partial charge in [-0.25, -0.2) is 4.98 Å². The van der Waals surface area contributed by atoms with Crippen LogP contribution in [-0.4, -0.2) is 60.8 Å². The molecule has 5 heterocycles. The zero-order valence-corrected chi connectivity index (χ0v) is 14.6. The fourth-order valence-corrected chi connectivity index (χ4v) is 3.38. The molecule has 4 aromatic rings. The Bertz CT molecular complexity index is 1040. The van der Waals surface area contributed by atoms with Crippen molar-refractivity contribution >= 4 is 11.6 Å². The maximum atomic E-state index is 5.52. The number of piperazine rings is 1. The van der Waals surface area contributed by atoms with E-state index in [4.69, 9.17) is 4.52 Å². The van der Waals surface area contributed by atoms with E-state index >= 15 is 0 Å². The summed E-state index contributed by atoms with van der Waals surface area (Å²) in [7, 11) is 0. The molecular formula is C18H18N8O. The smallest absolute Gasteiger partial charge is 0.256 e. The average molecular weight is 362 g/mol. The summed E-state index contributed by atoms with van der Waals surface area (Å²) < 4.78 is 7.44. The molecule has 4 aromatic heterocycles. The third-order valence-electron chi connectivity index (χ3n) is 4.78. The van der Waals surface area contributed by atoms with E-state index in [-0.39, 0.29) is 0 Å². The summed E-state index contributed by atoms with van der Waals surface area (Å²) in [6.45, 7) is 4.46. The number of hydrogen-bond donors (Lipinski definition) is 0. The fourth-order valence-electron chi connectivity index (χ4n) is 3.38. The van der Waals surface area contributed by atoms with Gasteiger partial charge in [-0.1, -0.05) is 5.16 Å². The predicted octanol–water partition coefficient (Wildman–Crippen LogP) is 1.50. The lowest BCUT2D eigenvalue weighted by atomic mass is 10.2. The number of anilines is 1. The van der Waals surface area contributed by atoms with Crippen molar-refractivity contribution in [3.05, 3.63) is 54.9 Å². The number of hydrogen-bond acceptors (Lipinski definition) is 8. The third kappa shape index (κ3) is 3.13. The molecule has 0 aliphatic carbocycles. The Kier molecular flexibility index (Phi) is 3.98. The standard InChI is InChI=1S/C18H18N8O/c1-2-14(11-19-4-1)16-10-15(27-23-16)12-24-6-8-25(9-7-24)17-3-5-20-18-22-21-13-26(17)18/h1-5,10-11,13H,6-9,12H2. The Hall–Kier alpha value is -3.33. The summed E-state index contributed by atoms with van der Waals surface area (Å²) in [4.78, 5) is 13.1. The molecule has 0 aromatic carbocycles. The number of fused-ring (bicyclic) bond motifs is 1. The molecule has 136 valence electrons. The van der Waals surface area contributed by atoms with Crippen LogP contribution in [0.3, 0.4) is 0 Å². The zero-order valence-electron chi connectivity index (χ0n) is 14.6. The summed E-state index contributed by atoms with van der Waals surface area (Å²) in [6, 6.07) is 7.87. The molecule has 1 aliphatic rings. The van der Waals surface area contributed by atoms with Gasteiger partial charge in [0.25, 0.3) is 5.78 Å². The molecule has 0 unspecified atom stereocenters. The summed E-state index contributed by atoms with van der Waals surface area (Å²) in [5, 5.41) is 12.1. The van der Waals surface area contributed by atoms with Crippen LogP contribution in [0.4, 0.5) is 5.82 Å². The van der Waals surface area contributed by atoms with Gasteiger partial charge in [0.05, 0.1) is 6.54 Å². The van der Waals surface area contributed by atoms with Crippen molar-refractivity contribution < 1.29 is 4.52 Å². The van der Waals surface area contributed by atoms with E-state index in [2.05, 4.69) is 35.1 Å². The molecule has 0 N–H and O–H groups in total. The second-order valence-electron chi connectivity index (χ2n) is 6.49. The van der Waals surface area contributed by atoms with Crippen molar-refractivity contribution in [1.29, 1.82) is 0 Å². The van der Waals surface area contributed by atoms with Gasteiger partial charge < -0.3 is 9.42 Å². The molecule has 0 saturated carbocycles. The topological polar surface area (TPSA) is 88.5 Å². The van der Waals surface area contributed by atoms with Crippen LogP contribution >= 0.6 is 0 Å². The molecule has 0 spiro atoms. The number of pyridine rings is 1. The van der Waals surface area contributed by atoms with E-state index in [1.165, 1.54) is 0 Å². The van der Waals surface area contributed by atoms with Gasteiger partial charge in [0.1, 0.15) is 17.8 Å². The Balaban J connectivity index is 1.24. The number of aromatic nitrogens is 6. The molecule has 9 heteroatoms. The molecule has 0 amide bonds. The first-order valence-corrected chi connectivity index (χ1v) is 8.85. The van der Waals surface area contributed by atoms with Crippen molar-refractivity contribution in [2.45, 2.75) is 6.54 Å². The van der Waals surface area contributed by atoms with Crippen LogP contribution in [-0.2, 0) is 6.54 Å². The van der Waals surface area contributed by atoms with E-state index in [1.54, 1.807) is 24.9 Å². The van der Waals surface area contributed by atoms with Crippen molar-refractivity contribution in [2.24, 2.45) is 0 Å². The van der Waals surface area contributed by atoms with Crippen LogP contribution < -0.4 is 4.90 Å². The molecule has 27 heavy (non-hydrogen) atoms. The molecule has 5 rings (SSSR count). The lowest BCUT2D eigenvalue weighted by Crippen LogP contribution is -2.46. The van der Waals surface area contributed by atoms with Gasteiger partial charge in [-0.15, -0.1) is 10.2 Å². The first-order chi connectivity index (χ1) is 13.4. The van der Waals surface area contributed by atoms with Gasteiger partial charge in [-0.2, -0.15) is 0 Å². The SMILES string of the molecule is c1cncc(-c2cc(CN3CCN(c4ccnc5nncn45)CC3)on2)c1. The molecule has 1 fully saturated rings. The van der Waals surface area contributed by atoms with Crippen molar-refractivity contribution in [3.8, 4) is 11.3 Å². The lowest BCUT2D eigenvalue weighted by Gasteiger charge is -2.35. The van der Waals surface area contributed by atoms with Crippen LogP contribution in [0, 0.1) is 0 Å². The summed E-state index contributed by atoms with van der Waals surface area (Å²) in [5.74, 6) is 2.56. The highest BCUT2D eigenvalue weighted by Gasteiger charge is 2.20. The third-order valence-corrected chi connectivity index (χ3v) is 4.78. The molecule has 9 nitrogen and oxygen atoms in total.